The van der Waals surface area contributed by atoms with Gasteiger partial charge in [0, 0.05) is 62.2 Å². The molecule has 594 valence electrons. The molecule has 7 aromatic rings. The molecule has 31 nitrogen and oxygen atoms in total. The Morgan fingerprint density at radius 3 is 1.33 bits per heavy atom. The number of rotatable bonds is 39. The number of benzene rings is 6. The quantitative estimate of drug-likeness (QED) is 0.0262. The average Bonchev–Trinajstić information content (AvgIpc) is 1.54. The van der Waals surface area contributed by atoms with Crippen LogP contribution in [0.5, 0.6) is 17.2 Å². The molecule has 11 atom stereocenters. The summed E-state index contributed by atoms with van der Waals surface area (Å²) in [6.45, 7) is 7.79. The van der Waals surface area contributed by atoms with E-state index in [1.165, 1.54) is 72.5 Å². The van der Waals surface area contributed by atoms with E-state index >= 15 is 4.79 Å². The summed E-state index contributed by atoms with van der Waals surface area (Å²) in [6, 6.07) is 24.9. The minimum atomic E-state index is -1.87. The lowest BCUT2D eigenvalue weighted by Gasteiger charge is -2.32. The molecular formula is C81H97N13O18. The van der Waals surface area contributed by atoms with Crippen LogP contribution >= 0.6 is 0 Å². The van der Waals surface area contributed by atoms with E-state index in [2.05, 4.69) is 58.2 Å². The molecular weight excluding hydrogens is 1440 g/mol. The number of aromatic hydroxyl groups is 3. The normalized spacial score (nSPS) is 15.2. The standard InChI is InChI=1S/C81H97N13O18/c1-45(2)35-59(85-68(98)43-82)73(103)86-61(37-50-22-28-54(95)29-23-50)74(104)88-63(41-53-44-83-58-20-13-12-19-57(53)58)72(102)84-47(5)71(101)93-70(46(3)4)79(109)91-65(39-52-26-32-56(97)33-27-52)80(110)94-34-14-21-67(94)78(108)90-62(38-51-24-30-55(96)31-25-51)76(106)87-60(36-48-15-8-6-9-16-48)75(105)89-64(42-69(99)100)77(107)92-66(81(111)112)40-49-17-10-7-11-18-49/h6-13,15-20,22-33,44-47,59-67,70,83,95-97H,14,21,34-43,82H2,1-5H3,(H,84,102)(H,85,98)(H,86,103)(H,87,106)(H,88,104)(H,89,105)(H,90,108)(H,91,109)(H,92,107)(H,93,101)(H,99,100)(H,111,112)/t47-,59-,60-,61-,62-,63-,64-,65-,66-,67-,70-/m0/s1. The summed E-state index contributed by atoms with van der Waals surface area (Å²) in [7, 11) is 0. The highest BCUT2D eigenvalue weighted by molar-refractivity contribution is 6.00. The van der Waals surface area contributed by atoms with Crippen molar-refractivity contribution in [3.8, 4) is 17.2 Å². The van der Waals surface area contributed by atoms with Gasteiger partial charge in [-0.1, -0.05) is 143 Å². The minimum Gasteiger partial charge on any atom is -0.508 e. The lowest BCUT2D eigenvalue weighted by Crippen LogP contribution is -2.61. The molecule has 1 aromatic heterocycles. The number of hydrogen-bond acceptors (Lipinski definition) is 17. The fourth-order valence-corrected chi connectivity index (χ4v) is 13.0. The summed E-state index contributed by atoms with van der Waals surface area (Å²) in [5, 5.41) is 77.7. The number of nitrogens with zero attached hydrogens (tertiary/aromatic N) is 1. The molecule has 0 spiro atoms. The van der Waals surface area contributed by atoms with Crippen molar-refractivity contribution in [2.75, 3.05) is 13.1 Å². The smallest absolute Gasteiger partial charge is 0.326 e. The minimum absolute atomic E-state index is 0.0394. The Labute approximate surface area is 646 Å². The third-order valence-electron chi connectivity index (χ3n) is 18.9. The molecule has 6 aromatic carbocycles. The Hall–Kier alpha value is -12.7. The Bertz CT molecular complexity index is 4450. The zero-order valence-electron chi connectivity index (χ0n) is 62.6. The maximum absolute atomic E-state index is 15.3. The number of carbonyl (C=O) groups excluding carboxylic acids is 11. The number of carboxylic acid groups (broad SMARTS) is 2. The van der Waals surface area contributed by atoms with Gasteiger partial charge in [-0.05, 0) is 114 Å². The first kappa shape index (κ1) is 84.9. The number of likely N-dealkylation sites (tertiary alicyclic amines) is 1. The number of H-pyrrole nitrogens is 1. The molecule has 31 heteroatoms. The number of hydrogen-bond donors (Lipinski definition) is 17. The number of amides is 11. The van der Waals surface area contributed by atoms with E-state index in [1.807, 2.05) is 19.9 Å². The van der Waals surface area contributed by atoms with Gasteiger partial charge in [0.1, 0.15) is 83.7 Å². The number of carboxylic acids is 2. The summed E-state index contributed by atoms with van der Waals surface area (Å²) in [5.74, 6) is -13.7. The Balaban J connectivity index is 1.01. The van der Waals surface area contributed by atoms with Crippen molar-refractivity contribution >= 4 is 87.8 Å². The first-order chi connectivity index (χ1) is 53.4. The van der Waals surface area contributed by atoms with Crippen molar-refractivity contribution in [2.24, 2.45) is 17.6 Å². The highest BCUT2D eigenvalue weighted by Gasteiger charge is 2.42. The van der Waals surface area contributed by atoms with E-state index < -0.39 is 162 Å². The number of nitrogens with two attached hydrogens (primary N) is 1. The van der Waals surface area contributed by atoms with Crippen molar-refractivity contribution < 1.29 is 87.9 Å². The topological polar surface area (TPSA) is 488 Å². The van der Waals surface area contributed by atoms with E-state index in [9.17, 15) is 83.1 Å². The van der Waals surface area contributed by atoms with Crippen molar-refractivity contribution in [1.82, 2.24) is 63.1 Å². The molecule has 1 saturated heterocycles. The van der Waals surface area contributed by atoms with Crippen LogP contribution in [0.3, 0.4) is 0 Å². The van der Waals surface area contributed by atoms with E-state index in [-0.39, 0.29) is 87.5 Å². The second-order valence-corrected chi connectivity index (χ2v) is 28.5. The molecule has 8 rings (SSSR count). The fourth-order valence-electron chi connectivity index (χ4n) is 13.0. The van der Waals surface area contributed by atoms with Crippen molar-refractivity contribution in [3.63, 3.8) is 0 Å². The van der Waals surface area contributed by atoms with Crippen molar-refractivity contribution in [2.45, 2.75) is 165 Å². The second kappa shape index (κ2) is 40.7. The molecule has 0 saturated carbocycles. The molecule has 0 unspecified atom stereocenters. The van der Waals surface area contributed by atoms with Gasteiger partial charge in [-0.25, -0.2) is 4.79 Å². The first-order valence-corrected chi connectivity index (χ1v) is 36.9. The second-order valence-electron chi connectivity index (χ2n) is 28.5. The maximum atomic E-state index is 15.3. The predicted octanol–water partition coefficient (Wildman–Crippen LogP) is 2.12. The monoisotopic (exact) mass is 1540 g/mol. The van der Waals surface area contributed by atoms with Gasteiger partial charge < -0.3 is 94.3 Å². The summed E-state index contributed by atoms with van der Waals surface area (Å²) in [6.07, 6.45) is -0.160. The van der Waals surface area contributed by atoms with Crippen LogP contribution in [-0.2, 0) is 101 Å². The van der Waals surface area contributed by atoms with Gasteiger partial charge in [0.25, 0.3) is 0 Å². The molecule has 112 heavy (non-hydrogen) atoms. The van der Waals surface area contributed by atoms with Crippen LogP contribution in [0, 0.1) is 11.8 Å². The number of carbonyl (C=O) groups is 13. The summed E-state index contributed by atoms with van der Waals surface area (Å²) in [5.41, 5.74) is 9.25. The highest BCUT2D eigenvalue weighted by Crippen LogP contribution is 2.24. The highest BCUT2D eigenvalue weighted by atomic mass is 16.4. The molecule has 2 heterocycles. The van der Waals surface area contributed by atoms with Crippen LogP contribution in [0.1, 0.15) is 93.7 Å². The molecule has 1 aliphatic heterocycles. The fraction of sp³-hybridized carbons (Fsp3) is 0.370. The lowest BCUT2D eigenvalue weighted by atomic mass is 9.99. The first-order valence-electron chi connectivity index (χ1n) is 36.9. The molecule has 1 aliphatic rings. The summed E-state index contributed by atoms with van der Waals surface area (Å²) in [4.78, 5) is 188. The molecule has 1 fully saturated rings. The van der Waals surface area contributed by atoms with E-state index in [1.54, 1.807) is 111 Å². The van der Waals surface area contributed by atoms with Gasteiger partial charge in [-0.15, -0.1) is 0 Å². The van der Waals surface area contributed by atoms with E-state index in [4.69, 9.17) is 5.73 Å². The van der Waals surface area contributed by atoms with Gasteiger partial charge in [-0.3, -0.25) is 57.5 Å². The molecule has 0 bridgehead atoms. The van der Waals surface area contributed by atoms with Gasteiger partial charge in [-0.2, -0.15) is 0 Å². The summed E-state index contributed by atoms with van der Waals surface area (Å²) >= 11 is 0. The number of phenols is 3. The van der Waals surface area contributed by atoms with Crippen molar-refractivity contribution in [1.29, 1.82) is 0 Å². The zero-order valence-corrected chi connectivity index (χ0v) is 62.6. The van der Waals surface area contributed by atoms with Crippen LogP contribution in [0.2, 0.25) is 0 Å². The molecule has 0 radical (unpaired) electrons. The molecule has 18 N–H and O–H groups in total. The average molecular weight is 1540 g/mol. The molecule has 0 aliphatic carbocycles. The predicted molar refractivity (Wildman–Crippen MR) is 411 cm³/mol. The van der Waals surface area contributed by atoms with E-state index in [0.717, 1.165) is 0 Å². The number of nitrogens with one attached hydrogen (secondary N) is 11. The number of aliphatic carboxylic acids is 2. The number of para-hydroxylation sites is 1. The van der Waals surface area contributed by atoms with Gasteiger partial charge in [0.2, 0.25) is 65.0 Å². The number of aromatic nitrogens is 1. The van der Waals surface area contributed by atoms with Crippen LogP contribution in [0.25, 0.3) is 10.9 Å². The van der Waals surface area contributed by atoms with E-state index in [0.29, 0.717) is 44.3 Å². The third kappa shape index (κ3) is 25.2. The van der Waals surface area contributed by atoms with Gasteiger partial charge in [0.15, 0.2) is 0 Å². The molecule has 11 amide bonds. The van der Waals surface area contributed by atoms with Crippen LogP contribution in [0.15, 0.2) is 164 Å². The maximum Gasteiger partial charge on any atom is 0.326 e. The van der Waals surface area contributed by atoms with Gasteiger partial charge in [0.05, 0.1) is 13.0 Å². The third-order valence-corrected chi connectivity index (χ3v) is 18.9. The Morgan fingerprint density at radius 1 is 0.438 bits per heavy atom. The largest absolute Gasteiger partial charge is 0.508 e. The summed E-state index contributed by atoms with van der Waals surface area (Å²) < 4.78 is 0. The van der Waals surface area contributed by atoms with Crippen molar-refractivity contribution in [3.05, 3.63) is 197 Å². The lowest BCUT2D eigenvalue weighted by molar-refractivity contribution is -0.144. The van der Waals surface area contributed by atoms with Crippen LogP contribution in [0.4, 0.5) is 0 Å². The van der Waals surface area contributed by atoms with Crippen LogP contribution < -0.4 is 58.9 Å². The van der Waals surface area contributed by atoms with Crippen LogP contribution in [-0.4, -0.2) is 192 Å². The number of aromatic amines is 1. The number of fused-ring (bicyclic) bond motifs is 1. The number of phenolic OH excluding ortho intramolecular Hbond substituents is 3. The van der Waals surface area contributed by atoms with Gasteiger partial charge >= 0.3 is 11.9 Å². The Morgan fingerprint density at radius 2 is 0.848 bits per heavy atom. The Kier molecular flexibility index (Phi) is 30.8. The zero-order chi connectivity index (χ0) is 81.3. The SMILES string of the molecule is CC(C)C[C@H](NC(=O)CN)C(=O)N[C@@H](Cc1ccc(O)cc1)C(=O)N[C@@H](Cc1c[nH]c2ccccc12)C(=O)N[C@@H](C)C(=O)N[C@H](C(=O)N[C@@H](Cc1ccc(O)cc1)C(=O)N1CCC[C@H]1C(=O)N[C@@H](Cc1ccc(O)cc1)C(=O)N[C@@H](Cc1ccccc1)C(=O)N[C@@H](CC(=O)O)C(=O)N[C@@H](Cc1ccccc1)C(=O)O)C(C)C.